The summed E-state index contributed by atoms with van der Waals surface area (Å²) in [4.78, 5) is 27.9. The minimum absolute atomic E-state index is 0.269. The summed E-state index contributed by atoms with van der Waals surface area (Å²) in [6, 6.07) is 18.6. The number of fused-ring (bicyclic) bond motifs is 1. The minimum atomic E-state index is -2.17. The SMILES string of the molecule is O=C1Nc2ccccc2[C@](O)(C(=O)NCc2cccs2)N1c1ccccc1. The average molecular weight is 379 g/mol. The maximum absolute atomic E-state index is 13.1. The summed E-state index contributed by atoms with van der Waals surface area (Å²) >= 11 is 1.50. The molecule has 0 fully saturated rings. The number of benzene rings is 2. The summed E-state index contributed by atoms with van der Waals surface area (Å²) in [7, 11) is 0. The Hall–Kier alpha value is -3.16. The Balaban J connectivity index is 1.78. The summed E-state index contributed by atoms with van der Waals surface area (Å²) in [5.74, 6) is -0.665. The number of anilines is 2. The number of rotatable bonds is 4. The summed E-state index contributed by atoms with van der Waals surface area (Å²) in [5, 5.41) is 19.0. The van der Waals surface area contributed by atoms with Gasteiger partial charge in [-0.05, 0) is 29.6 Å². The Bertz CT molecular complexity index is 975. The Kier molecular flexibility index (Phi) is 4.39. The van der Waals surface area contributed by atoms with Crippen LogP contribution in [0.4, 0.5) is 16.2 Å². The monoisotopic (exact) mass is 379 g/mol. The quantitative estimate of drug-likeness (QED) is 0.651. The molecule has 27 heavy (non-hydrogen) atoms. The molecule has 0 unspecified atom stereocenters. The van der Waals surface area contributed by atoms with Crippen molar-refractivity contribution in [1.29, 1.82) is 0 Å². The number of hydrogen-bond donors (Lipinski definition) is 3. The second-order valence-corrected chi connectivity index (χ2v) is 7.11. The van der Waals surface area contributed by atoms with E-state index in [0.29, 0.717) is 16.9 Å². The molecule has 3 aromatic rings. The Morgan fingerprint density at radius 1 is 1.07 bits per heavy atom. The Labute approximate surface area is 160 Å². The van der Waals surface area contributed by atoms with Gasteiger partial charge in [0.15, 0.2) is 0 Å². The number of carbonyl (C=O) groups is 2. The zero-order valence-electron chi connectivity index (χ0n) is 14.3. The lowest BCUT2D eigenvalue weighted by atomic mass is 9.95. The van der Waals surface area contributed by atoms with Gasteiger partial charge in [0, 0.05) is 16.1 Å². The van der Waals surface area contributed by atoms with Crippen molar-refractivity contribution < 1.29 is 14.7 Å². The van der Waals surface area contributed by atoms with E-state index in [0.717, 1.165) is 9.78 Å². The van der Waals surface area contributed by atoms with Crippen LogP contribution in [0.5, 0.6) is 0 Å². The standard InChI is InChI=1S/C20H17N3O3S/c24-18(21-13-15-9-6-12-27-15)20(26)16-10-4-5-11-17(16)22-19(25)23(20)14-7-2-1-3-8-14/h1-12,26H,13H2,(H,21,24)(H,22,25)/t20-/m0/s1. The lowest BCUT2D eigenvalue weighted by molar-refractivity contribution is -0.140. The van der Waals surface area contributed by atoms with Crippen LogP contribution in [0.1, 0.15) is 10.4 Å². The fourth-order valence-electron chi connectivity index (χ4n) is 3.14. The van der Waals surface area contributed by atoms with Crippen LogP contribution < -0.4 is 15.5 Å². The summed E-state index contributed by atoms with van der Waals surface area (Å²) in [6.45, 7) is 0.269. The number of hydrogen-bond acceptors (Lipinski definition) is 4. The van der Waals surface area contributed by atoms with Gasteiger partial charge < -0.3 is 15.7 Å². The minimum Gasteiger partial charge on any atom is -0.359 e. The first-order chi connectivity index (χ1) is 13.1. The van der Waals surface area contributed by atoms with Gasteiger partial charge in [-0.1, -0.05) is 42.5 Å². The Morgan fingerprint density at radius 3 is 2.56 bits per heavy atom. The van der Waals surface area contributed by atoms with Gasteiger partial charge in [-0.15, -0.1) is 11.3 Å². The molecule has 136 valence electrons. The van der Waals surface area contributed by atoms with E-state index in [-0.39, 0.29) is 6.54 Å². The molecule has 1 aromatic heterocycles. The number of amides is 3. The van der Waals surface area contributed by atoms with Crippen molar-refractivity contribution in [1.82, 2.24) is 5.32 Å². The molecule has 1 atom stereocenters. The number of thiophene rings is 1. The number of carbonyl (C=O) groups excluding carboxylic acids is 2. The lowest BCUT2D eigenvalue weighted by Gasteiger charge is -2.42. The third-order valence-corrected chi connectivity index (χ3v) is 5.28. The molecule has 2 heterocycles. The van der Waals surface area contributed by atoms with Crippen LogP contribution in [-0.4, -0.2) is 17.0 Å². The van der Waals surface area contributed by atoms with E-state index in [1.165, 1.54) is 11.3 Å². The van der Waals surface area contributed by atoms with Gasteiger partial charge in [-0.3, -0.25) is 9.69 Å². The summed E-state index contributed by atoms with van der Waals surface area (Å²) in [5.41, 5.74) is -1.03. The van der Waals surface area contributed by atoms with E-state index in [4.69, 9.17) is 0 Å². The van der Waals surface area contributed by atoms with E-state index < -0.39 is 17.7 Å². The molecule has 0 bridgehead atoms. The number of aliphatic hydroxyl groups is 1. The fourth-order valence-corrected chi connectivity index (χ4v) is 3.79. The van der Waals surface area contributed by atoms with Crippen LogP contribution in [0.2, 0.25) is 0 Å². The zero-order valence-corrected chi connectivity index (χ0v) is 15.1. The highest BCUT2D eigenvalue weighted by molar-refractivity contribution is 7.09. The van der Waals surface area contributed by atoms with E-state index in [2.05, 4.69) is 10.6 Å². The van der Waals surface area contributed by atoms with Crippen LogP contribution in [0.25, 0.3) is 0 Å². The number of para-hydroxylation sites is 2. The van der Waals surface area contributed by atoms with Crippen molar-refractivity contribution in [3.05, 3.63) is 82.6 Å². The van der Waals surface area contributed by atoms with Crippen molar-refractivity contribution in [3.63, 3.8) is 0 Å². The van der Waals surface area contributed by atoms with Gasteiger partial charge in [0.25, 0.3) is 11.6 Å². The van der Waals surface area contributed by atoms with Crippen molar-refractivity contribution in [2.24, 2.45) is 0 Å². The molecule has 3 N–H and O–H groups in total. The highest BCUT2D eigenvalue weighted by atomic mass is 32.1. The molecule has 1 aliphatic heterocycles. The second-order valence-electron chi connectivity index (χ2n) is 6.08. The molecule has 3 amide bonds. The van der Waals surface area contributed by atoms with Crippen molar-refractivity contribution in [2.75, 3.05) is 10.2 Å². The predicted octanol–water partition coefficient (Wildman–Crippen LogP) is 3.26. The van der Waals surface area contributed by atoms with Gasteiger partial charge in [0.05, 0.1) is 12.2 Å². The van der Waals surface area contributed by atoms with E-state index in [1.54, 1.807) is 54.6 Å². The van der Waals surface area contributed by atoms with Crippen molar-refractivity contribution >= 4 is 34.6 Å². The molecule has 6 nitrogen and oxygen atoms in total. The van der Waals surface area contributed by atoms with Crippen LogP contribution in [0.15, 0.2) is 72.1 Å². The maximum atomic E-state index is 13.1. The molecule has 0 radical (unpaired) electrons. The highest BCUT2D eigenvalue weighted by Crippen LogP contribution is 2.39. The smallest absolute Gasteiger partial charge is 0.329 e. The molecule has 4 rings (SSSR count). The molecule has 1 aliphatic rings. The lowest BCUT2D eigenvalue weighted by Crippen LogP contribution is -2.62. The average Bonchev–Trinajstić information content (AvgIpc) is 3.20. The first kappa shape index (κ1) is 17.3. The normalized spacial score (nSPS) is 18.6. The van der Waals surface area contributed by atoms with Gasteiger partial charge in [-0.2, -0.15) is 0 Å². The third kappa shape index (κ3) is 2.97. The number of nitrogens with zero attached hydrogens (tertiary/aromatic N) is 1. The Morgan fingerprint density at radius 2 is 1.81 bits per heavy atom. The predicted molar refractivity (Wildman–Crippen MR) is 104 cm³/mol. The molecule has 7 heteroatoms. The third-order valence-electron chi connectivity index (χ3n) is 4.41. The van der Waals surface area contributed by atoms with Crippen molar-refractivity contribution in [3.8, 4) is 0 Å². The van der Waals surface area contributed by atoms with Crippen molar-refractivity contribution in [2.45, 2.75) is 12.3 Å². The largest absolute Gasteiger partial charge is 0.359 e. The van der Waals surface area contributed by atoms with Gasteiger partial charge in [0.2, 0.25) is 0 Å². The molecule has 0 saturated carbocycles. The second kappa shape index (κ2) is 6.86. The summed E-state index contributed by atoms with van der Waals surface area (Å²) < 4.78 is 0. The molecular formula is C20H17N3O3S. The molecule has 2 aromatic carbocycles. The molecular weight excluding hydrogens is 362 g/mol. The van der Waals surface area contributed by atoms with Crippen LogP contribution in [0.3, 0.4) is 0 Å². The first-order valence-corrected chi connectivity index (χ1v) is 9.27. The first-order valence-electron chi connectivity index (χ1n) is 8.39. The maximum Gasteiger partial charge on any atom is 0.329 e. The van der Waals surface area contributed by atoms with Crippen LogP contribution >= 0.6 is 11.3 Å². The van der Waals surface area contributed by atoms with Crippen LogP contribution in [0, 0.1) is 0 Å². The van der Waals surface area contributed by atoms with E-state index >= 15 is 0 Å². The fraction of sp³-hybridized carbons (Fsp3) is 0.100. The number of nitrogens with one attached hydrogen (secondary N) is 2. The molecule has 0 saturated heterocycles. The molecule has 0 spiro atoms. The van der Waals surface area contributed by atoms with Crippen LogP contribution in [-0.2, 0) is 17.1 Å². The summed E-state index contributed by atoms with van der Waals surface area (Å²) in [6.07, 6.45) is 0. The highest BCUT2D eigenvalue weighted by Gasteiger charge is 2.51. The number of urea groups is 1. The van der Waals surface area contributed by atoms with Gasteiger partial charge in [0.1, 0.15) is 0 Å². The van der Waals surface area contributed by atoms with Gasteiger partial charge in [-0.25, -0.2) is 4.79 Å². The zero-order chi connectivity index (χ0) is 18.9. The topological polar surface area (TPSA) is 81.7 Å². The van der Waals surface area contributed by atoms with Gasteiger partial charge >= 0.3 is 6.03 Å². The molecule has 0 aliphatic carbocycles. The van der Waals surface area contributed by atoms with E-state index in [9.17, 15) is 14.7 Å². The van der Waals surface area contributed by atoms with E-state index in [1.807, 2.05) is 17.5 Å².